The minimum atomic E-state index is -1.61. The van der Waals surface area contributed by atoms with Gasteiger partial charge >= 0.3 is 5.97 Å². The maximum absolute atomic E-state index is 13.3. The number of amides is 1. The molecule has 8 unspecified atom stereocenters. The van der Waals surface area contributed by atoms with E-state index in [0.717, 1.165) is 57.8 Å². The van der Waals surface area contributed by atoms with Gasteiger partial charge in [-0.1, -0.05) is 218 Å². The van der Waals surface area contributed by atoms with Gasteiger partial charge in [0.05, 0.1) is 25.4 Å². The van der Waals surface area contributed by atoms with Crippen molar-refractivity contribution >= 4 is 11.9 Å². The van der Waals surface area contributed by atoms with Gasteiger partial charge in [-0.25, -0.2) is 0 Å². The average Bonchev–Trinajstić information content (AvgIpc) is 3.31. The van der Waals surface area contributed by atoms with E-state index in [-0.39, 0.29) is 19.4 Å². The normalized spacial score (nSPS) is 20.3. The number of esters is 1. The van der Waals surface area contributed by atoms with Gasteiger partial charge in [0.15, 0.2) is 12.4 Å². The first-order chi connectivity index (χ1) is 32.2. The zero-order valence-electron chi connectivity index (χ0n) is 42.6. The average molecular weight is 938 g/mol. The Kier molecular flexibility index (Phi) is 41.8. The number of ether oxygens (including phenoxy) is 3. The van der Waals surface area contributed by atoms with Crippen molar-refractivity contribution in [3.8, 4) is 0 Å². The molecule has 1 saturated heterocycles. The van der Waals surface area contributed by atoms with Crippen LogP contribution in [0.5, 0.6) is 0 Å². The molecule has 0 aliphatic carbocycles. The van der Waals surface area contributed by atoms with Gasteiger partial charge in [0.1, 0.15) is 24.4 Å². The molecule has 6 N–H and O–H groups in total. The first kappa shape index (κ1) is 62.2. The molecule has 1 aliphatic heterocycles. The summed E-state index contributed by atoms with van der Waals surface area (Å²) in [5.74, 6) is -1.21. The Balaban J connectivity index is 2.75. The SMILES string of the molecule is CCCCCCCC/C=C\CCCCC(O)C(=O)NC(COC1OC(CO)C(O)C(O)C1OC(=O)CCCCCCCCCCCCCCCC)C(O)/C=C/CCCCCCCCCCC. The molecule has 0 aromatic heterocycles. The number of allylic oxidation sites excluding steroid dienone is 3. The molecule has 0 radical (unpaired) electrons. The molecular formula is C55H103NO10. The lowest BCUT2D eigenvalue weighted by Crippen LogP contribution is -2.61. The minimum Gasteiger partial charge on any atom is -0.454 e. The van der Waals surface area contributed by atoms with Crippen LogP contribution >= 0.6 is 0 Å². The van der Waals surface area contributed by atoms with Gasteiger partial charge in [0, 0.05) is 6.42 Å². The Bertz CT molecular complexity index is 1170. The van der Waals surface area contributed by atoms with E-state index in [9.17, 15) is 35.1 Å². The highest BCUT2D eigenvalue weighted by Gasteiger charge is 2.47. The highest BCUT2D eigenvalue weighted by molar-refractivity contribution is 5.80. The number of aliphatic hydroxyl groups excluding tert-OH is 5. The maximum atomic E-state index is 13.3. The van der Waals surface area contributed by atoms with Crippen LogP contribution in [0.2, 0.25) is 0 Å². The van der Waals surface area contributed by atoms with Crippen LogP contribution in [-0.2, 0) is 23.8 Å². The largest absolute Gasteiger partial charge is 0.454 e. The van der Waals surface area contributed by atoms with Crippen LogP contribution in [-0.4, -0.2) is 99.6 Å². The van der Waals surface area contributed by atoms with Gasteiger partial charge < -0.3 is 45.1 Å². The Labute approximate surface area is 403 Å². The van der Waals surface area contributed by atoms with Gasteiger partial charge in [0.25, 0.3) is 0 Å². The summed E-state index contributed by atoms with van der Waals surface area (Å²) < 4.78 is 17.5. The molecule has 66 heavy (non-hydrogen) atoms. The topological polar surface area (TPSA) is 175 Å². The second-order valence-corrected chi connectivity index (χ2v) is 19.3. The van der Waals surface area contributed by atoms with E-state index in [2.05, 4.69) is 38.2 Å². The third kappa shape index (κ3) is 32.8. The predicted octanol–water partition coefficient (Wildman–Crippen LogP) is 11.8. The zero-order chi connectivity index (χ0) is 48.3. The summed E-state index contributed by atoms with van der Waals surface area (Å²) in [6, 6.07) is -1.02. The number of carbonyl (C=O) groups excluding carboxylic acids is 2. The summed E-state index contributed by atoms with van der Waals surface area (Å²) in [5.41, 5.74) is 0. The summed E-state index contributed by atoms with van der Waals surface area (Å²) in [6.07, 6.45) is 38.0. The molecular weight excluding hydrogens is 835 g/mol. The number of aliphatic hydroxyl groups is 5. The fourth-order valence-electron chi connectivity index (χ4n) is 8.65. The van der Waals surface area contributed by atoms with E-state index in [0.29, 0.717) is 12.8 Å². The molecule has 1 amide bonds. The van der Waals surface area contributed by atoms with Crippen LogP contribution in [0.1, 0.15) is 252 Å². The fraction of sp³-hybridized carbons (Fsp3) is 0.891. The van der Waals surface area contributed by atoms with Crippen LogP contribution in [0.25, 0.3) is 0 Å². The zero-order valence-corrected chi connectivity index (χ0v) is 42.6. The van der Waals surface area contributed by atoms with Crippen molar-refractivity contribution in [3.63, 3.8) is 0 Å². The summed E-state index contributed by atoms with van der Waals surface area (Å²) in [7, 11) is 0. The van der Waals surface area contributed by atoms with Crippen molar-refractivity contribution in [3.05, 3.63) is 24.3 Å². The first-order valence-electron chi connectivity index (χ1n) is 27.6. The molecule has 1 fully saturated rings. The summed E-state index contributed by atoms with van der Waals surface area (Å²) in [4.78, 5) is 26.3. The van der Waals surface area contributed by atoms with Crippen molar-refractivity contribution in [2.45, 2.75) is 301 Å². The third-order valence-electron chi connectivity index (χ3n) is 13.1. The Hall–Kier alpha value is -1.86. The molecule has 1 heterocycles. The van der Waals surface area contributed by atoms with Crippen LogP contribution in [0.15, 0.2) is 24.3 Å². The Morgan fingerprint density at radius 2 is 1.00 bits per heavy atom. The highest BCUT2D eigenvalue weighted by atomic mass is 16.7. The minimum absolute atomic E-state index is 0.127. The number of carbonyl (C=O) groups is 2. The standard InChI is InChI=1S/C55H103NO10/c1-4-7-10-13-16-19-22-24-25-28-31-34-37-40-43-50(60)66-53-52(62)51(61)49(44-57)65-55(53)64-45-46(47(58)41-38-35-32-29-26-21-18-15-12-9-6-3)56-54(63)48(59)42-39-36-33-30-27-23-20-17-14-11-8-5-2/h27,30,38,41,46-49,51-53,55,57-59,61-62H,4-26,28-29,31-37,39-40,42-45H2,1-3H3,(H,56,63)/b30-27-,41-38+. The molecule has 0 bridgehead atoms. The van der Waals surface area contributed by atoms with E-state index >= 15 is 0 Å². The lowest BCUT2D eigenvalue weighted by molar-refractivity contribution is -0.305. The quantitative estimate of drug-likeness (QED) is 0.0196. The van der Waals surface area contributed by atoms with E-state index in [4.69, 9.17) is 14.2 Å². The third-order valence-corrected chi connectivity index (χ3v) is 13.1. The Morgan fingerprint density at radius 3 is 1.47 bits per heavy atom. The van der Waals surface area contributed by atoms with Crippen molar-refractivity contribution < 1.29 is 49.3 Å². The summed E-state index contributed by atoms with van der Waals surface area (Å²) in [6.45, 7) is 5.75. The van der Waals surface area contributed by atoms with Crippen molar-refractivity contribution in [2.75, 3.05) is 13.2 Å². The molecule has 0 saturated carbocycles. The first-order valence-corrected chi connectivity index (χ1v) is 27.6. The maximum Gasteiger partial charge on any atom is 0.306 e. The number of hydrogen-bond acceptors (Lipinski definition) is 10. The van der Waals surface area contributed by atoms with Gasteiger partial charge in [-0.15, -0.1) is 0 Å². The molecule has 1 aliphatic rings. The van der Waals surface area contributed by atoms with Gasteiger partial charge in [-0.3, -0.25) is 9.59 Å². The van der Waals surface area contributed by atoms with E-state index in [1.54, 1.807) is 6.08 Å². The van der Waals surface area contributed by atoms with Crippen LogP contribution < -0.4 is 5.32 Å². The summed E-state index contributed by atoms with van der Waals surface area (Å²) >= 11 is 0. The molecule has 0 spiro atoms. The lowest BCUT2D eigenvalue weighted by atomic mass is 9.99. The molecule has 8 atom stereocenters. The van der Waals surface area contributed by atoms with Crippen LogP contribution in [0, 0.1) is 0 Å². The number of hydrogen-bond donors (Lipinski definition) is 6. The smallest absolute Gasteiger partial charge is 0.306 e. The highest BCUT2D eigenvalue weighted by Crippen LogP contribution is 2.26. The second-order valence-electron chi connectivity index (χ2n) is 19.3. The fourth-order valence-corrected chi connectivity index (χ4v) is 8.65. The number of nitrogens with one attached hydrogen (secondary N) is 1. The van der Waals surface area contributed by atoms with Gasteiger partial charge in [-0.05, 0) is 51.4 Å². The van der Waals surface area contributed by atoms with Crippen molar-refractivity contribution in [1.82, 2.24) is 5.32 Å². The number of unbranched alkanes of at least 4 members (excludes halogenated alkanes) is 30. The molecule has 388 valence electrons. The van der Waals surface area contributed by atoms with E-state index in [1.165, 1.54) is 148 Å². The van der Waals surface area contributed by atoms with Crippen molar-refractivity contribution in [2.24, 2.45) is 0 Å². The molecule has 11 nitrogen and oxygen atoms in total. The monoisotopic (exact) mass is 938 g/mol. The number of rotatable bonds is 46. The van der Waals surface area contributed by atoms with E-state index in [1.807, 2.05) is 6.08 Å². The van der Waals surface area contributed by atoms with Crippen molar-refractivity contribution in [1.29, 1.82) is 0 Å². The molecule has 0 aromatic carbocycles. The lowest BCUT2D eigenvalue weighted by Gasteiger charge is -2.41. The van der Waals surface area contributed by atoms with Crippen LogP contribution in [0.4, 0.5) is 0 Å². The second kappa shape index (κ2) is 44.4. The summed E-state index contributed by atoms with van der Waals surface area (Å²) in [5, 5.41) is 56.6. The molecule has 1 rings (SSSR count). The van der Waals surface area contributed by atoms with Gasteiger partial charge in [-0.2, -0.15) is 0 Å². The molecule has 0 aromatic rings. The molecule has 11 heteroatoms. The predicted molar refractivity (Wildman–Crippen MR) is 269 cm³/mol. The Morgan fingerprint density at radius 1 is 0.576 bits per heavy atom. The van der Waals surface area contributed by atoms with Crippen LogP contribution in [0.3, 0.4) is 0 Å². The van der Waals surface area contributed by atoms with E-state index < -0.39 is 67.4 Å². The van der Waals surface area contributed by atoms with Gasteiger partial charge in [0.2, 0.25) is 5.91 Å².